The summed E-state index contributed by atoms with van der Waals surface area (Å²) < 4.78 is 13.9. The number of para-hydroxylation sites is 1. The van der Waals surface area contributed by atoms with Gasteiger partial charge >= 0.3 is 0 Å². The van der Waals surface area contributed by atoms with Crippen molar-refractivity contribution in [2.75, 3.05) is 5.32 Å². The number of hydrogen-bond donors (Lipinski definition) is 1. The Morgan fingerprint density at radius 1 is 1.22 bits per heavy atom. The van der Waals surface area contributed by atoms with Gasteiger partial charge in [-0.05, 0) is 12.1 Å². The molecule has 0 fully saturated rings. The van der Waals surface area contributed by atoms with Crippen LogP contribution in [0, 0.1) is 15.9 Å². The Morgan fingerprint density at radius 3 is 2.65 bits per heavy atom. The number of fused-ring (bicyclic) bond motifs is 1. The standard InChI is InChI=1S/C15H8ClFN2O3S/c16-12-8-4-3-7-11(19(21)22)13(8)23-14(12)15(20)18-10-6-2-1-5-9(10)17/h1-7H,(H,18,20). The van der Waals surface area contributed by atoms with Gasteiger partial charge in [0.05, 0.1) is 15.6 Å². The molecule has 1 N–H and O–H groups in total. The maximum absolute atomic E-state index is 13.6. The number of halogens is 2. The summed E-state index contributed by atoms with van der Waals surface area (Å²) in [4.78, 5) is 22.9. The number of nitrogens with one attached hydrogen (secondary N) is 1. The first-order valence-electron chi connectivity index (χ1n) is 6.40. The summed E-state index contributed by atoms with van der Waals surface area (Å²) in [5, 5.41) is 14.0. The summed E-state index contributed by atoms with van der Waals surface area (Å²) in [7, 11) is 0. The van der Waals surface area contributed by atoms with Crippen molar-refractivity contribution in [1.82, 2.24) is 0 Å². The topological polar surface area (TPSA) is 72.2 Å². The Bertz CT molecular complexity index is 942. The minimum absolute atomic E-state index is 0.0144. The van der Waals surface area contributed by atoms with Gasteiger partial charge in [-0.25, -0.2) is 4.39 Å². The van der Waals surface area contributed by atoms with E-state index in [2.05, 4.69) is 5.32 Å². The zero-order valence-corrected chi connectivity index (χ0v) is 13.0. The molecule has 1 aromatic heterocycles. The SMILES string of the molecule is O=C(Nc1ccccc1F)c1sc2c([N+](=O)[O-])cccc2c1Cl. The molecule has 5 nitrogen and oxygen atoms in total. The maximum Gasteiger partial charge on any atom is 0.287 e. The van der Waals surface area contributed by atoms with E-state index >= 15 is 0 Å². The number of carbonyl (C=O) groups is 1. The second-order valence-corrected chi connectivity index (χ2v) is 5.99. The average molecular weight is 351 g/mol. The number of nitrogens with zero attached hydrogens (tertiary/aromatic N) is 1. The van der Waals surface area contributed by atoms with Gasteiger partial charge in [0.15, 0.2) is 0 Å². The number of thiophene rings is 1. The summed E-state index contributed by atoms with van der Waals surface area (Å²) in [6.45, 7) is 0. The molecule has 3 aromatic rings. The Hall–Kier alpha value is -2.51. The molecule has 0 aliphatic heterocycles. The van der Waals surface area contributed by atoms with Crippen LogP contribution in [0.5, 0.6) is 0 Å². The van der Waals surface area contributed by atoms with Crippen molar-refractivity contribution in [3.05, 3.63) is 68.3 Å². The zero-order valence-electron chi connectivity index (χ0n) is 11.4. The van der Waals surface area contributed by atoms with Gasteiger partial charge < -0.3 is 5.32 Å². The van der Waals surface area contributed by atoms with Crippen LogP contribution in [-0.2, 0) is 0 Å². The lowest BCUT2D eigenvalue weighted by molar-refractivity contribution is -0.382. The highest BCUT2D eigenvalue weighted by Crippen LogP contribution is 2.40. The van der Waals surface area contributed by atoms with Gasteiger partial charge in [-0.1, -0.05) is 35.9 Å². The number of amides is 1. The highest BCUT2D eigenvalue weighted by Gasteiger charge is 2.23. The number of rotatable bonds is 3. The van der Waals surface area contributed by atoms with Crippen LogP contribution in [0.15, 0.2) is 42.5 Å². The van der Waals surface area contributed by atoms with E-state index in [1.54, 1.807) is 12.1 Å². The average Bonchev–Trinajstić information content (AvgIpc) is 2.87. The number of nitro groups is 1. The Morgan fingerprint density at radius 2 is 1.96 bits per heavy atom. The Balaban J connectivity index is 2.05. The van der Waals surface area contributed by atoms with Gasteiger partial charge in [-0.2, -0.15) is 0 Å². The van der Waals surface area contributed by atoms with Crippen LogP contribution in [-0.4, -0.2) is 10.8 Å². The molecule has 2 aromatic carbocycles. The lowest BCUT2D eigenvalue weighted by Gasteiger charge is -2.04. The summed E-state index contributed by atoms with van der Waals surface area (Å²) >= 11 is 7.07. The van der Waals surface area contributed by atoms with E-state index < -0.39 is 16.6 Å². The molecule has 0 aliphatic rings. The molecule has 116 valence electrons. The molecule has 0 spiro atoms. The largest absolute Gasteiger partial charge is 0.319 e. The predicted molar refractivity (Wildman–Crippen MR) is 87.8 cm³/mol. The van der Waals surface area contributed by atoms with Crippen LogP contribution in [0.3, 0.4) is 0 Å². The molecule has 8 heteroatoms. The fourth-order valence-corrected chi connectivity index (χ4v) is 3.60. The molecule has 23 heavy (non-hydrogen) atoms. The Labute approximate surface area is 138 Å². The van der Waals surface area contributed by atoms with Crippen molar-refractivity contribution in [3.8, 4) is 0 Å². The van der Waals surface area contributed by atoms with Crippen molar-refractivity contribution in [1.29, 1.82) is 0 Å². The van der Waals surface area contributed by atoms with Crippen LogP contribution in [0.4, 0.5) is 15.8 Å². The van der Waals surface area contributed by atoms with E-state index in [1.807, 2.05) is 0 Å². The second-order valence-electron chi connectivity index (χ2n) is 4.59. The van der Waals surface area contributed by atoms with Crippen molar-refractivity contribution in [2.45, 2.75) is 0 Å². The van der Waals surface area contributed by atoms with Crippen molar-refractivity contribution < 1.29 is 14.1 Å². The highest BCUT2D eigenvalue weighted by molar-refractivity contribution is 7.22. The maximum atomic E-state index is 13.6. The molecule has 0 atom stereocenters. The normalized spacial score (nSPS) is 10.7. The first-order chi connectivity index (χ1) is 11.0. The number of benzene rings is 2. The van der Waals surface area contributed by atoms with E-state index in [4.69, 9.17) is 11.6 Å². The van der Waals surface area contributed by atoms with Crippen LogP contribution >= 0.6 is 22.9 Å². The molecule has 0 aliphatic carbocycles. The minimum Gasteiger partial charge on any atom is -0.319 e. The quantitative estimate of drug-likeness (QED) is 0.542. The van der Waals surface area contributed by atoms with E-state index in [0.29, 0.717) is 10.1 Å². The minimum atomic E-state index is -0.615. The van der Waals surface area contributed by atoms with Crippen LogP contribution < -0.4 is 5.32 Å². The van der Waals surface area contributed by atoms with Crippen LogP contribution in [0.2, 0.25) is 5.02 Å². The molecule has 0 saturated carbocycles. The van der Waals surface area contributed by atoms with Gasteiger partial charge in [0.1, 0.15) is 15.4 Å². The molecule has 1 amide bonds. The zero-order chi connectivity index (χ0) is 16.6. The van der Waals surface area contributed by atoms with E-state index in [-0.39, 0.29) is 21.3 Å². The van der Waals surface area contributed by atoms with Gasteiger partial charge in [-0.3, -0.25) is 14.9 Å². The van der Waals surface area contributed by atoms with Gasteiger partial charge in [0, 0.05) is 11.5 Å². The Kier molecular flexibility index (Phi) is 3.97. The molecular weight excluding hydrogens is 343 g/mol. The second kappa shape index (κ2) is 5.94. The number of nitro benzene ring substituents is 1. The van der Waals surface area contributed by atoms with E-state index in [0.717, 1.165) is 11.3 Å². The van der Waals surface area contributed by atoms with Crippen molar-refractivity contribution in [2.24, 2.45) is 0 Å². The summed E-state index contributed by atoms with van der Waals surface area (Å²) in [6, 6.07) is 10.1. The van der Waals surface area contributed by atoms with E-state index in [9.17, 15) is 19.3 Å². The molecule has 0 unspecified atom stereocenters. The van der Waals surface area contributed by atoms with Crippen molar-refractivity contribution >= 4 is 50.3 Å². The molecule has 3 rings (SSSR count). The fraction of sp³-hybridized carbons (Fsp3) is 0. The number of hydrogen-bond acceptors (Lipinski definition) is 4. The van der Waals surface area contributed by atoms with Crippen LogP contribution in [0.25, 0.3) is 10.1 Å². The number of non-ortho nitro benzene ring substituents is 1. The third kappa shape index (κ3) is 2.76. The monoisotopic (exact) mass is 350 g/mol. The summed E-state index contributed by atoms with van der Waals surface area (Å²) in [5.74, 6) is -1.19. The molecule has 1 heterocycles. The van der Waals surface area contributed by atoms with E-state index in [1.165, 1.54) is 30.3 Å². The predicted octanol–water partition coefficient (Wildman–Crippen LogP) is 4.85. The van der Waals surface area contributed by atoms with Crippen LogP contribution in [0.1, 0.15) is 9.67 Å². The molecule has 0 saturated heterocycles. The first kappa shape index (κ1) is 15.4. The summed E-state index contributed by atoms with van der Waals surface area (Å²) in [6.07, 6.45) is 0. The molecule has 0 bridgehead atoms. The smallest absolute Gasteiger partial charge is 0.287 e. The molecular formula is C15H8ClFN2O3S. The van der Waals surface area contributed by atoms with Crippen molar-refractivity contribution in [3.63, 3.8) is 0 Å². The summed E-state index contributed by atoms with van der Waals surface area (Å²) in [5.41, 5.74) is -0.111. The highest BCUT2D eigenvalue weighted by atomic mass is 35.5. The number of carbonyl (C=O) groups excluding carboxylic acids is 1. The lowest BCUT2D eigenvalue weighted by Crippen LogP contribution is -2.11. The third-order valence-electron chi connectivity index (χ3n) is 3.16. The van der Waals surface area contributed by atoms with Gasteiger partial charge in [-0.15, -0.1) is 11.3 Å². The fourth-order valence-electron chi connectivity index (χ4n) is 2.11. The molecule has 0 radical (unpaired) electrons. The first-order valence-corrected chi connectivity index (χ1v) is 7.59. The third-order valence-corrected chi connectivity index (χ3v) is 4.89. The lowest BCUT2D eigenvalue weighted by atomic mass is 10.2. The van der Waals surface area contributed by atoms with Gasteiger partial charge in [0.2, 0.25) is 0 Å². The van der Waals surface area contributed by atoms with Gasteiger partial charge in [0.25, 0.3) is 11.6 Å². The number of anilines is 1.